The molecule has 0 saturated carbocycles. The SMILES string of the molecule is CCNC(=O)C1(CCCCN2CCN(c3ccc4c(c3)C(=O)N(C(C)c3ccccc3)C4)CC2)c2ccccc2-c2ccccc21. The van der Waals surface area contributed by atoms with E-state index in [2.05, 4.69) is 101 Å². The van der Waals surface area contributed by atoms with E-state index in [0.717, 1.165) is 85.5 Å². The fraction of sp³-hybridized carbons (Fsp3) is 0.350. The van der Waals surface area contributed by atoms with Gasteiger partial charge in [0.1, 0.15) is 5.41 Å². The standard InChI is InChI=1S/C40H44N4O2/c1-3-41-39(46)40(36-17-9-7-15-33(36)34-16-8-10-18-37(34)40)21-11-12-22-42-23-25-43(26-24-42)32-20-19-31-28-44(38(45)35(31)27-32)29(2)30-13-5-4-6-14-30/h4-10,13-20,27,29H,3,11-12,21-26,28H2,1-2H3,(H,41,46). The third kappa shape index (κ3) is 5.28. The van der Waals surface area contributed by atoms with Crippen molar-refractivity contribution in [2.24, 2.45) is 0 Å². The number of unbranched alkanes of at least 4 members (excludes halogenated alkanes) is 1. The van der Waals surface area contributed by atoms with Crippen LogP contribution in [-0.4, -0.2) is 60.9 Å². The number of anilines is 1. The Morgan fingerprint density at radius 1 is 0.804 bits per heavy atom. The topological polar surface area (TPSA) is 55.9 Å². The van der Waals surface area contributed by atoms with Crippen LogP contribution in [0.1, 0.15) is 71.8 Å². The molecule has 46 heavy (non-hydrogen) atoms. The number of piperazine rings is 1. The van der Waals surface area contributed by atoms with Crippen molar-refractivity contribution in [2.45, 2.75) is 51.1 Å². The number of nitrogens with one attached hydrogen (secondary N) is 1. The molecule has 1 saturated heterocycles. The normalized spacial score (nSPS) is 17.4. The van der Waals surface area contributed by atoms with Gasteiger partial charge >= 0.3 is 0 Å². The van der Waals surface area contributed by atoms with E-state index in [-0.39, 0.29) is 17.9 Å². The summed E-state index contributed by atoms with van der Waals surface area (Å²) in [5, 5.41) is 3.18. The van der Waals surface area contributed by atoms with Crippen molar-refractivity contribution in [1.29, 1.82) is 0 Å². The summed E-state index contributed by atoms with van der Waals surface area (Å²) in [4.78, 5) is 34.2. The summed E-state index contributed by atoms with van der Waals surface area (Å²) < 4.78 is 0. The first kappa shape index (κ1) is 30.2. The van der Waals surface area contributed by atoms with Crippen molar-refractivity contribution in [3.05, 3.63) is 125 Å². The number of fused-ring (bicyclic) bond motifs is 4. The zero-order chi connectivity index (χ0) is 31.7. The molecule has 1 unspecified atom stereocenters. The maximum absolute atomic E-state index is 13.8. The second-order valence-electron chi connectivity index (χ2n) is 13.0. The van der Waals surface area contributed by atoms with Crippen LogP contribution in [0, 0.1) is 0 Å². The Kier molecular flexibility index (Phi) is 8.39. The maximum Gasteiger partial charge on any atom is 0.255 e. The highest BCUT2D eigenvalue weighted by Crippen LogP contribution is 2.51. The molecule has 1 N–H and O–H groups in total. The molecule has 1 atom stereocenters. The molecule has 0 radical (unpaired) electrons. The molecule has 3 aliphatic rings. The van der Waals surface area contributed by atoms with Crippen LogP contribution in [0.3, 0.4) is 0 Å². The van der Waals surface area contributed by atoms with E-state index in [0.29, 0.717) is 13.1 Å². The summed E-state index contributed by atoms with van der Waals surface area (Å²) in [6.45, 7) is 10.3. The van der Waals surface area contributed by atoms with Crippen LogP contribution in [-0.2, 0) is 16.8 Å². The summed E-state index contributed by atoms with van der Waals surface area (Å²) in [7, 11) is 0. The summed E-state index contributed by atoms with van der Waals surface area (Å²) in [5.41, 5.74) is 8.29. The zero-order valence-electron chi connectivity index (χ0n) is 27.0. The average molecular weight is 613 g/mol. The number of hydrogen-bond donors (Lipinski definition) is 1. The molecule has 236 valence electrons. The lowest BCUT2D eigenvalue weighted by Gasteiger charge is -2.36. The minimum absolute atomic E-state index is 0.0437. The van der Waals surface area contributed by atoms with Crippen molar-refractivity contribution in [3.63, 3.8) is 0 Å². The lowest BCUT2D eigenvalue weighted by atomic mass is 9.73. The van der Waals surface area contributed by atoms with Crippen molar-refractivity contribution >= 4 is 17.5 Å². The van der Waals surface area contributed by atoms with Crippen molar-refractivity contribution in [1.82, 2.24) is 15.1 Å². The molecule has 6 heteroatoms. The van der Waals surface area contributed by atoms with E-state index < -0.39 is 5.41 Å². The van der Waals surface area contributed by atoms with Gasteiger partial charge in [0.25, 0.3) is 5.91 Å². The third-order valence-corrected chi connectivity index (χ3v) is 10.5. The van der Waals surface area contributed by atoms with Gasteiger partial charge in [-0.3, -0.25) is 14.5 Å². The van der Waals surface area contributed by atoms with Gasteiger partial charge in [0.15, 0.2) is 0 Å². The average Bonchev–Trinajstić information content (AvgIpc) is 3.59. The summed E-state index contributed by atoms with van der Waals surface area (Å²) >= 11 is 0. The van der Waals surface area contributed by atoms with E-state index in [9.17, 15) is 9.59 Å². The molecular weight excluding hydrogens is 568 g/mol. The first-order valence-electron chi connectivity index (χ1n) is 16.9. The van der Waals surface area contributed by atoms with Crippen molar-refractivity contribution < 1.29 is 9.59 Å². The minimum Gasteiger partial charge on any atom is -0.369 e. The molecule has 0 aromatic heterocycles. The van der Waals surface area contributed by atoms with Crippen LogP contribution in [0.15, 0.2) is 97.1 Å². The molecule has 7 rings (SSSR count). The van der Waals surface area contributed by atoms with Crippen molar-refractivity contribution in [2.75, 3.05) is 44.2 Å². The highest BCUT2D eigenvalue weighted by Gasteiger charge is 2.48. The number of amides is 2. The number of rotatable bonds is 10. The van der Waals surface area contributed by atoms with Crippen LogP contribution in [0.5, 0.6) is 0 Å². The number of benzene rings is 4. The first-order valence-corrected chi connectivity index (χ1v) is 16.9. The van der Waals surface area contributed by atoms with E-state index in [1.54, 1.807) is 0 Å². The Morgan fingerprint density at radius 3 is 2.13 bits per heavy atom. The fourth-order valence-corrected chi connectivity index (χ4v) is 7.95. The highest BCUT2D eigenvalue weighted by atomic mass is 16.2. The number of carbonyl (C=O) groups excluding carboxylic acids is 2. The van der Waals surface area contributed by atoms with Crippen LogP contribution in [0.4, 0.5) is 5.69 Å². The fourth-order valence-electron chi connectivity index (χ4n) is 7.95. The molecule has 2 heterocycles. The second-order valence-corrected chi connectivity index (χ2v) is 13.0. The molecule has 0 spiro atoms. The van der Waals surface area contributed by atoms with Gasteiger partial charge in [0, 0.05) is 50.5 Å². The minimum atomic E-state index is -0.638. The molecule has 2 aliphatic heterocycles. The quantitative estimate of drug-likeness (QED) is 0.200. The van der Waals surface area contributed by atoms with Crippen molar-refractivity contribution in [3.8, 4) is 11.1 Å². The largest absolute Gasteiger partial charge is 0.369 e. The van der Waals surface area contributed by atoms with Crippen LogP contribution in [0.2, 0.25) is 0 Å². The Balaban J connectivity index is 0.960. The van der Waals surface area contributed by atoms with E-state index >= 15 is 0 Å². The van der Waals surface area contributed by atoms with Crippen LogP contribution >= 0.6 is 0 Å². The van der Waals surface area contributed by atoms with Gasteiger partial charge in [0.2, 0.25) is 5.91 Å². The van der Waals surface area contributed by atoms with E-state index in [1.165, 1.54) is 11.1 Å². The number of hydrogen-bond acceptors (Lipinski definition) is 4. The van der Waals surface area contributed by atoms with Gasteiger partial charge in [-0.15, -0.1) is 0 Å². The molecule has 2 amide bonds. The first-order chi connectivity index (χ1) is 22.5. The molecule has 1 fully saturated rings. The predicted octanol–water partition coefficient (Wildman–Crippen LogP) is 6.80. The Bertz CT molecular complexity index is 1680. The summed E-state index contributed by atoms with van der Waals surface area (Å²) in [6.07, 6.45) is 2.83. The van der Waals surface area contributed by atoms with E-state index in [1.807, 2.05) is 30.0 Å². The second kappa shape index (κ2) is 12.8. The molecule has 0 bridgehead atoms. The lowest BCUT2D eigenvalue weighted by molar-refractivity contribution is -0.125. The lowest BCUT2D eigenvalue weighted by Crippen LogP contribution is -2.47. The predicted molar refractivity (Wildman–Crippen MR) is 185 cm³/mol. The van der Waals surface area contributed by atoms with Crippen LogP contribution in [0.25, 0.3) is 11.1 Å². The Labute approximate surface area is 273 Å². The molecule has 4 aromatic carbocycles. The third-order valence-electron chi connectivity index (χ3n) is 10.5. The number of nitrogens with zero attached hydrogens (tertiary/aromatic N) is 3. The van der Waals surface area contributed by atoms with Gasteiger partial charge in [0.05, 0.1) is 6.04 Å². The maximum atomic E-state index is 13.8. The molecule has 4 aromatic rings. The smallest absolute Gasteiger partial charge is 0.255 e. The van der Waals surface area contributed by atoms with Gasteiger partial charge in [-0.05, 0) is 78.7 Å². The van der Waals surface area contributed by atoms with Gasteiger partial charge in [-0.2, -0.15) is 0 Å². The molecule has 6 nitrogen and oxygen atoms in total. The molecular formula is C40H44N4O2. The zero-order valence-corrected chi connectivity index (χ0v) is 27.0. The van der Waals surface area contributed by atoms with Gasteiger partial charge in [-0.1, -0.05) is 91.3 Å². The highest BCUT2D eigenvalue weighted by molar-refractivity contribution is 6.01. The number of carbonyl (C=O) groups is 2. The summed E-state index contributed by atoms with van der Waals surface area (Å²) in [6, 6.07) is 33.7. The van der Waals surface area contributed by atoms with E-state index in [4.69, 9.17) is 0 Å². The van der Waals surface area contributed by atoms with Gasteiger partial charge < -0.3 is 15.1 Å². The Morgan fingerprint density at radius 2 is 1.46 bits per heavy atom. The molecule has 1 aliphatic carbocycles. The van der Waals surface area contributed by atoms with Crippen LogP contribution < -0.4 is 10.2 Å². The van der Waals surface area contributed by atoms with Gasteiger partial charge in [-0.25, -0.2) is 0 Å². The number of likely N-dealkylation sites (N-methyl/N-ethyl adjacent to an activating group) is 1. The Hall–Kier alpha value is -4.42. The monoisotopic (exact) mass is 612 g/mol. The summed E-state index contributed by atoms with van der Waals surface area (Å²) in [5.74, 6) is 0.247.